The molecule has 0 aromatic heterocycles. The number of amides is 3. The highest BCUT2D eigenvalue weighted by Gasteiger charge is 2.31. The maximum absolute atomic E-state index is 11.9. The fraction of sp³-hybridized carbons (Fsp3) is 0.562. The van der Waals surface area contributed by atoms with Gasteiger partial charge in [-0.25, -0.2) is 0 Å². The second-order valence-electron chi connectivity index (χ2n) is 5.94. The van der Waals surface area contributed by atoms with E-state index in [0.29, 0.717) is 25.3 Å². The van der Waals surface area contributed by atoms with Gasteiger partial charge in [0.1, 0.15) is 6.04 Å². The van der Waals surface area contributed by atoms with E-state index in [4.69, 9.17) is 0 Å². The number of nitrogens with zero attached hydrogens (tertiary/aromatic N) is 1. The molecule has 0 radical (unpaired) electrons. The molecule has 2 unspecified atom stereocenters. The van der Waals surface area contributed by atoms with Gasteiger partial charge in [0.25, 0.3) is 0 Å². The summed E-state index contributed by atoms with van der Waals surface area (Å²) in [7, 11) is 0. The molecule has 1 fully saturated rings. The summed E-state index contributed by atoms with van der Waals surface area (Å²) in [6.07, 6.45) is 7.75. The SMILES string of the molecule is CC1=CCC(C)CC=C1CN(C=O)C1CCC(=O)NC1=O. The van der Waals surface area contributed by atoms with E-state index >= 15 is 0 Å². The van der Waals surface area contributed by atoms with Gasteiger partial charge in [0.05, 0.1) is 0 Å². The smallest absolute Gasteiger partial charge is 0.249 e. The van der Waals surface area contributed by atoms with Crippen LogP contribution < -0.4 is 5.32 Å². The van der Waals surface area contributed by atoms with E-state index in [0.717, 1.165) is 18.4 Å². The molecular weight excluding hydrogens is 268 g/mol. The van der Waals surface area contributed by atoms with E-state index in [1.165, 1.54) is 10.5 Å². The molecule has 5 nitrogen and oxygen atoms in total. The lowest BCUT2D eigenvalue weighted by Crippen LogP contribution is -2.52. The van der Waals surface area contributed by atoms with Gasteiger partial charge >= 0.3 is 0 Å². The van der Waals surface area contributed by atoms with Crippen LogP contribution in [0.1, 0.15) is 39.5 Å². The van der Waals surface area contributed by atoms with Crippen molar-refractivity contribution in [2.24, 2.45) is 5.92 Å². The third kappa shape index (κ3) is 3.80. The zero-order valence-electron chi connectivity index (χ0n) is 12.6. The van der Waals surface area contributed by atoms with Gasteiger partial charge in [-0.2, -0.15) is 0 Å². The minimum absolute atomic E-state index is 0.263. The van der Waals surface area contributed by atoms with Crippen molar-refractivity contribution in [1.29, 1.82) is 0 Å². The van der Waals surface area contributed by atoms with Gasteiger partial charge in [0.2, 0.25) is 18.2 Å². The second-order valence-corrected chi connectivity index (χ2v) is 5.94. The fourth-order valence-corrected chi connectivity index (χ4v) is 2.72. The van der Waals surface area contributed by atoms with E-state index in [2.05, 4.69) is 24.4 Å². The number of rotatable bonds is 4. The number of imide groups is 1. The molecule has 0 saturated carbocycles. The van der Waals surface area contributed by atoms with Gasteiger partial charge in [0.15, 0.2) is 0 Å². The van der Waals surface area contributed by atoms with Crippen LogP contribution in [0.2, 0.25) is 0 Å². The lowest BCUT2D eigenvalue weighted by molar-refractivity contribution is -0.140. The quantitative estimate of drug-likeness (QED) is 0.631. The molecule has 0 bridgehead atoms. The molecule has 5 heteroatoms. The Balaban J connectivity index is 2.10. The molecule has 2 aliphatic rings. The summed E-state index contributed by atoms with van der Waals surface area (Å²) in [5.41, 5.74) is 2.26. The average molecular weight is 290 g/mol. The highest BCUT2D eigenvalue weighted by atomic mass is 16.2. The van der Waals surface area contributed by atoms with E-state index in [1.54, 1.807) is 0 Å². The second kappa shape index (κ2) is 6.70. The van der Waals surface area contributed by atoms with Crippen LogP contribution in [0.15, 0.2) is 23.3 Å². The predicted molar refractivity (Wildman–Crippen MR) is 79.2 cm³/mol. The van der Waals surface area contributed by atoms with Gasteiger partial charge in [0, 0.05) is 13.0 Å². The molecule has 114 valence electrons. The number of piperidine rings is 1. The topological polar surface area (TPSA) is 66.5 Å². The van der Waals surface area contributed by atoms with Crippen LogP contribution in [-0.4, -0.2) is 35.7 Å². The van der Waals surface area contributed by atoms with Crippen molar-refractivity contribution < 1.29 is 14.4 Å². The summed E-state index contributed by atoms with van der Waals surface area (Å²) in [5.74, 6) is -0.0408. The van der Waals surface area contributed by atoms with Crippen LogP contribution in [0.5, 0.6) is 0 Å². The first kappa shape index (κ1) is 15.5. The summed E-state index contributed by atoms with van der Waals surface area (Å²) in [6.45, 7) is 4.66. The number of carbonyl (C=O) groups is 3. The van der Waals surface area contributed by atoms with Gasteiger partial charge < -0.3 is 4.90 Å². The van der Waals surface area contributed by atoms with Crippen LogP contribution >= 0.6 is 0 Å². The Kier molecular flexibility index (Phi) is 4.94. The molecule has 0 aromatic carbocycles. The number of hydrogen-bond donors (Lipinski definition) is 1. The number of carbonyl (C=O) groups excluding carboxylic acids is 3. The van der Waals surface area contributed by atoms with Crippen molar-refractivity contribution in [3.8, 4) is 0 Å². The normalized spacial score (nSPS) is 26.4. The lowest BCUT2D eigenvalue weighted by Gasteiger charge is -2.30. The van der Waals surface area contributed by atoms with Crippen molar-refractivity contribution in [2.75, 3.05) is 6.54 Å². The van der Waals surface area contributed by atoms with Crippen molar-refractivity contribution in [2.45, 2.75) is 45.6 Å². The first-order valence-electron chi connectivity index (χ1n) is 7.42. The monoisotopic (exact) mass is 290 g/mol. The highest BCUT2D eigenvalue weighted by Crippen LogP contribution is 2.23. The van der Waals surface area contributed by atoms with Crippen LogP contribution in [0.4, 0.5) is 0 Å². The van der Waals surface area contributed by atoms with Crippen LogP contribution in [-0.2, 0) is 14.4 Å². The molecule has 1 heterocycles. The van der Waals surface area contributed by atoms with E-state index in [9.17, 15) is 14.4 Å². The van der Waals surface area contributed by atoms with Crippen molar-refractivity contribution in [1.82, 2.24) is 10.2 Å². The molecule has 1 aliphatic carbocycles. The van der Waals surface area contributed by atoms with E-state index < -0.39 is 6.04 Å². The Morgan fingerprint density at radius 3 is 2.71 bits per heavy atom. The summed E-state index contributed by atoms with van der Waals surface area (Å²) < 4.78 is 0. The zero-order chi connectivity index (χ0) is 15.4. The Hall–Kier alpha value is -1.91. The Bertz CT molecular complexity index is 508. The summed E-state index contributed by atoms with van der Waals surface area (Å²) >= 11 is 0. The van der Waals surface area contributed by atoms with E-state index in [-0.39, 0.29) is 18.2 Å². The number of hydrogen-bond acceptors (Lipinski definition) is 3. The molecule has 21 heavy (non-hydrogen) atoms. The standard InChI is InChI=1S/C16H22N2O3/c1-11-3-5-12(2)13(6-4-11)9-18(10-19)14-7-8-15(20)17-16(14)21/h5-6,10-11,14H,3-4,7-9H2,1-2H3,(H,17,20,21). The number of allylic oxidation sites excluding steroid dienone is 2. The molecule has 2 rings (SSSR count). The molecule has 2 atom stereocenters. The van der Waals surface area contributed by atoms with Gasteiger partial charge in [-0.05, 0) is 37.7 Å². The third-order valence-electron chi connectivity index (χ3n) is 4.20. The van der Waals surface area contributed by atoms with Gasteiger partial charge in [-0.3, -0.25) is 19.7 Å². The minimum atomic E-state index is -0.547. The maximum Gasteiger partial charge on any atom is 0.249 e. The van der Waals surface area contributed by atoms with Crippen LogP contribution in [0.3, 0.4) is 0 Å². The van der Waals surface area contributed by atoms with Crippen molar-refractivity contribution in [3.05, 3.63) is 23.3 Å². The molecule has 1 saturated heterocycles. The van der Waals surface area contributed by atoms with Gasteiger partial charge in [-0.15, -0.1) is 0 Å². The Morgan fingerprint density at radius 2 is 2.05 bits per heavy atom. The van der Waals surface area contributed by atoms with Crippen molar-refractivity contribution in [3.63, 3.8) is 0 Å². The van der Waals surface area contributed by atoms with Crippen LogP contribution in [0.25, 0.3) is 0 Å². The molecule has 1 aliphatic heterocycles. The van der Waals surface area contributed by atoms with E-state index in [1.807, 2.05) is 6.92 Å². The largest absolute Gasteiger partial charge is 0.329 e. The molecule has 0 spiro atoms. The van der Waals surface area contributed by atoms with Gasteiger partial charge in [-0.1, -0.05) is 24.6 Å². The number of nitrogens with one attached hydrogen (secondary N) is 1. The van der Waals surface area contributed by atoms with Crippen molar-refractivity contribution >= 4 is 18.2 Å². The minimum Gasteiger partial charge on any atom is -0.329 e. The molecule has 3 amide bonds. The first-order valence-corrected chi connectivity index (χ1v) is 7.42. The Labute approximate surface area is 125 Å². The highest BCUT2D eigenvalue weighted by molar-refractivity contribution is 6.00. The molecule has 0 aromatic rings. The summed E-state index contributed by atoms with van der Waals surface area (Å²) in [5, 5.41) is 2.30. The Morgan fingerprint density at radius 1 is 1.33 bits per heavy atom. The summed E-state index contributed by atoms with van der Waals surface area (Å²) in [6, 6.07) is -0.547. The van der Waals surface area contributed by atoms with Crippen LogP contribution in [0, 0.1) is 5.92 Å². The summed E-state index contributed by atoms with van der Waals surface area (Å²) in [4.78, 5) is 36.0. The third-order valence-corrected chi connectivity index (χ3v) is 4.20. The average Bonchev–Trinajstić information content (AvgIpc) is 2.60. The predicted octanol–water partition coefficient (Wildman–Crippen LogP) is 1.55. The first-order chi connectivity index (χ1) is 10.0. The molecular formula is C16H22N2O3. The molecule has 1 N–H and O–H groups in total. The zero-order valence-corrected chi connectivity index (χ0v) is 12.6. The lowest BCUT2D eigenvalue weighted by atomic mass is 10.0. The maximum atomic E-state index is 11.9. The fourth-order valence-electron chi connectivity index (χ4n) is 2.72.